The van der Waals surface area contributed by atoms with E-state index in [9.17, 15) is 9.18 Å². The van der Waals surface area contributed by atoms with Crippen molar-refractivity contribution in [2.75, 3.05) is 7.05 Å². The number of rotatable bonds is 3. The number of aromatic nitrogens is 3. The van der Waals surface area contributed by atoms with Crippen LogP contribution in [0.1, 0.15) is 21.7 Å². The van der Waals surface area contributed by atoms with Crippen LogP contribution < -0.4 is 0 Å². The maximum Gasteiger partial charge on any atom is 0.254 e. The lowest BCUT2D eigenvalue weighted by Crippen LogP contribution is -2.27. The minimum atomic E-state index is -0.382. The molecular formula is C16H15FN4O. The molecule has 0 saturated carbocycles. The number of halogens is 1. The second-order valence-corrected chi connectivity index (χ2v) is 5.17. The molecule has 0 radical (unpaired) electrons. The summed E-state index contributed by atoms with van der Waals surface area (Å²) in [6.07, 6.45) is 1.84. The van der Waals surface area contributed by atoms with Gasteiger partial charge in [0.05, 0.1) is 6.54 Å². The van der Waals surface area contributed by atoms with Gasteiger partial charge in [0.15, 0.2) is 11.5 Å². The second-order valence-electron chi connectivity index (χ2n) is 5.17. The molecule has 0 spiro atoms. The molecule has 3 aromatic rings. The first kappa shape index (κ1) is 14.2. The fourth-order valence-corrected chi connectivity index (χ4v) is 2.23. The SMILES string of the molecule is Cc1ccc(C(=O)N(C)Cc2nnc3ccccn23)cc1F. The predicted octanol–water partition coefficient (Wildman–Crippen LogP) is 2.45. The molecule has 112 valence electrons. The molecule has 6 heteroatoms. The van der Waals surface area contributed by atoms with Gasteiger partial charge in [0.1, 0.15) is 5.82 Å². The topological polar surface area (TPSA) is 50.5 Å². The molecule has 1 amide bonds. The van der Waals surface area contributed by atoms with Gasteiger partial charge in [-0.2, -0.15) is 0 Å². The van der Waals surface area contributed by atoms with E-state index in [1.54, 1.807) is 26.1 Å². The van der Waals surface area contributed by atoms with E-state index in [0.717, 1.165) is 5.65 Å². The van der Waals surface area contributed by atoms with Crippen LogP contribution in [0.2, 0.25) is 0 Å². The monoisotopic (exact) mass is 298 g/mol. The van der Waals surface area contributed by atoms with Crippen LogP contribution in [0.15, 0.2) is 42.6 Å². The van der Waals surface area contributed by atoms with Crippen LogP contribution in [-0.2, 0) is 6.54 Å². The maximum atomic E-state index is 13.6. The van der Waals surface area contributed by atoms with Gasteiger partial charge >= 0.3 is 0 Å². The van der Waals surface area contributed by atoms with Crippen LogP contribution in [-0.4, -0.2) is 32.5 Å². The van der Waals surface area contributed by atoms with Gasteiger partial charge < -0.3 is 4.90 Å². The van der Waals surface area contributed by atoms with Crippen molar-refractivity contribution in [1.29, 1.82) is 0 Å². The van der Waals surface area contributed by atoms with Crippen molar-refractivity contribution in [3.63, 3.8) is 0 Å². The highest BCUT2D eigenvalue weighted by atomic mass is 19.1. The normalized spacial score (nSPS) is 10.9. The third kappa shape index (κ3) is 2.55. The Morgan fingerprint density at radius 3 is 2.86 bits per heavy atom. The average Bonchev–Trinajstić information content (AvgIpc) is 2.92. The van der Waals surface area contributed by atoms with Crippen molar-refractivity contribution in [3.05, 3.63) is 65.4 Å². The molecule has 22 heavy (non-hydrogen) atoms. The first-order chi connectivity index (χ1) is 10.6. The van der Waals surface area contributed by atoms with Gasteiger partial charge in [-0.25, -0.2) is 4.39 Å². The molecule has 5 nitrogen and oxygen atoms in total. The van der Waals surface area contributed by atoms with Gasteiger partial charge in [0.25, 0.3) is 5.91 Å². The third-order valence-corrected chi connectivity index (χ3v) is 3.53. The molecule has 0 saturated heterocycles. The minimum absolute atomic E-state index is 0.258. The smallest absolute Gasteiger partial charge is 0.254 e. The summed E-state index contributed by atoms with van der Waals surface area (Å²) in [6.45, 7) is 1.95. The highest BCUT2D eigenvalue weighted by Gasteiger charge is 2.16. The van der Waals surface area contributed by atoms with Crippen LogP contribution in [0.3, 0.4) is 0 Å². The summed E-state index contributed by atoms with van der Waals surface area (Å²) >= 11 is 0. The third-order valence-electron chi connectivity index (χ3n) is 3.53. The summed E-state index contributed by atoms with van der Waals surface area (Å²) in [4.78, 5) is 13.9. The lowest BCUT2D eigenvalue weighted by Gasteiger charge is -2.16. The van der Waals surface area contributed by atoms with Gasteiger partial charge in [-0.3, -0.25) is 9.20 Å². The molecule has 0 unspecified atom stereocenters. The Bertz CT molecular complexity index is 843. The zero-order valence-electron chi connectivity index (χ0n) is 12.3. The van der Waals surface area contributed by atoms with Gasteiger partial charge in [-0.15, -0.1) is 10.2 Å². The number of aryl methyl sites for hydroxylation is 1. The van der Waals surface area contributed by atoms with E-state index < -0.39 is 0 Å². The van der Waals surface area contributed by atoms with Crippen LogP contribution >= 0.6 is 0 Å². The molecule has 0 atom stereocenters. The Morgan fingerprint density at radius 1 is 1.27 bits per heavy atom. The van der Waals surface area contributed by atoms with E-state index in [0.29, 0.717) is 23.5 Å². The summed E-state index contributed by atoms with van der Waals surface area (Å²) in [5.41, 5.74) is 1.56. The molecule has 0 aliphatic heterocycles. The molecule has 0 aliphatic carbocycles. The van der Waals surface area contributed by atoms with E-state index in [1.807, 2.05) is 28.8 Å². The lowest BCUT2D eigenvalue weighted by molar-refractivity contribution is 0.0780. The van der Waals surface area contributed by atoms with Gasteiger partial charge in [-0.1, -0.05) is 12.1 Å². The number of hydrogen-bond donors (Lipinski definition) is 0. The highest BCUT2D eigenvalue weighted by molar-refractivity contribution is 5.94. The average molecular weight is 298 g/mol. The van der Waals surface area contributed by atoms with E-state index in [4.69, 9.17) is 0 Å². The van der Waals surface area contributed by atoms with Gasteiger partial charge in [0.2, 0.25) is 0 Å². The standard InChI is InChI=1S/C16H15FN4O/c1-11-6-7-12(9-13(11)17)16(22)20(2)10-15-19-18-14-5-3-4-8-21(14)15/h3-9H,10H2,1-2H3. The van der Waals surface area contributed by atoms with Gasteiger partial charge in [0, 0.05) is 18.8 Å². The summed E-state index contributed by atoms with van der Waals surface area (Å²) in [5.74, 6) is 0.0118. The number of carbonyl (C=O) groups excluding carboxylic acids is 1. The molecule has 0 fully saturated rings. The molecule has 1 aromatic carbocycles. The maximum absolute atomic E-state index is 13.6. The first-order valence-corrected chi connectivity index (χ1v) is 6.86. The van der Waals surface area contributed by atoms with Crippen LogP contribution in [0.25, 0.3) is 5.65 Å². The van der Waals surface area contributed by atoms with E-state index in [-0.39, 0.29) is 11.7 Å². The second kappa shape index (κ2) is 5.55. The van der Waals surface area contributed by atoms with E-state index in [1.165, 1.54) is 11.0 Å². The Labute approximate surface area is 127 Å². The fourth-order valence-electron chi connectivity index (χ4n) is 2.23. The van der Waals surface area contributed by atoms with Crippen molar-refractivity contribution in [1.82, 2.24) is 19.5 Å². The lowest BCUT2D eigenvalue weighted by atomic mass is 10.1. The summed E-state index contributed by atoms with van der Waals surface area (Å²) < 4.78 is 15.4. The fraction of sp³-hybridized carbons (Fsp3) is 0.188. The van der Waals surface area contributed by atoms with Crippen molar-refractivity contribution >= 4 is 11.6 Å². The zero-order valence-corrected chi connectivity index (χ0v) is 12.3. The molecule has 0 bridgehead atoms. The Hall–Kier alpha value is -2.76. The van der Waals surface area contributed by atoms with Gasteiger partial charge in [-0.05, 0) is 36.8 Å². The summed E-state index contributed by atoms with van der Waals surface area (Å²) in [7, 11) is 1.66. The van der Waals surface area contributed by atoms with Crippen molar-refractivity contribution in [2.24, 2.45) is 0 Å². The molecule has 0 N–H and O–H groups in total. The van der Waals surface area contributed by atoms with E-state index in [2.05, 4.69) is 10.2 Å². The number of fused-ring (bicyclic) bond motifs is 1. The number of amides is 1. The van der Waals surface area contributed by atoms with Crippen LogP contribution in [0.5, 0.6) is 0 Å². The van der Waals surface area contributed by atoms with Crippen LogP contribution in [0.4, 0.5) is 4.39 Å². The summed E-state index contributed by atoms with van der Waals surface area (Å²) in [5, 5.41) is 8.13. The predicted molar refractivity (Wildman–Crippen MR) is 79.9 cm³/mol. The van der Waals surface area contributed by atoms with Crippen molar-refractivity contribution in [2.45, 2.75) is 13.5 Å². The molecule has 0 aliphatic rings. The summed E-state index contributed by atoms with van der Waals surface area (Å²) in [6, 6.07) is 10.1. The number of carbonyl (C=O) groups is 1. The van der Waals surface area contributed by atoms with E-state index >= 15 is 0 Å². The number of hydrogen-bond acceptors (Lipinski definition) is 3. The quantitative estimate of drug-likeness (QED) is 0.746. The Morgan fingerprint density at radius 2 is 2.09 bits per heavy atom. The zero-order chi connectivity index (χ0) is 15.7. The largest absolute Gasteiger partial charge is 0.334 e. The first-order valence-electron chi connectivity index (χ1n) is 6.86. The number of nitrogens with zero attached hydrogens (tertiary/aromatic N) is 4. The molecule has 2 heterocycles. The van der Waals surface area contributed by atoms with Crippen LogP contribution in [0, 0.1) is 12.7 Å². The molecule has 2 aromatic heterocycles. The minimum Gasteiger partial charge on any atom is -0.334 e. The van der Waals surface area contributed by atoms with Crippen molar-refractivity contribution < 1.29 is 9.18 Å². The molecule has 3 rings (SSSR count). The highest BCUT2D eigenvalue weighted by Crippen LogP contribution is 2.12. The molecular weight excluding hydrogens is 283 g/mol. The van der Waals surface area contributed by atoms with Crippen molar-refractivity contribution in [3.8, 4) is 0 Å². The number of pyridine rings is 1. The number of benzene rings is 1. The Balaban J connectivity index is 1.83. The Kier molecular flexibility index (Phi) is 3.58.